The third-order valence-electron chi connectivity index (χ3n) is 3.40. The van der Waals surface area contributed by atoms with Crippen molar-refractivity contribution in [1.82, 2.24) is 0 Å². The van der Waals surface area contributed by atoms with Gasteiger partial charge in [0.25, 0.3) is 0 Å². The molecule has 2 atom stereocenters. The molecule has 0 spiro atoms. The highest BCUT2D eigenvalue weighted by molar-refractivity contribution is 5.90. The summed E-state index contributed by atoms with van der Waals surface area (Å²) in [6, 6.07) is 6.52. The highest BCUT2D eigenvalue weighted by Gasteiger charge is 2.19. The van der Waals surface area contributed by atoms with Crippen molar-refractivity contribution < 1.29 is 9.53 Å². The van der Waals surface area contributed by atoms with Crippen molar-refractivity contribution in [1.29, 1.82) is 0 Å². The van der Waals surface area contributed by atoms with Crippen LogP contribution >= 0.6 is 0 Å². The van der Waals surface area contributed by atoms with E-state index in [0.717, 1.165) is 36.4 Å². The van der Waals surface area contributed by atoms with E-state index in [1.165, 1.54) is 6.92 Å². The van der Waals surface area contributed by atoms with E-state index in [4.69, 9.17) is 4.74 Å². The lowest BCUT2D eigenvalue weighted by Crippen LogP contribution is -2.32. The summed E-state index contributed by atoms with van der Waals surface area (Å²) < 4.78 is 5.54. The number of anilines is 2. The maximum atomic E-state index is 11.2. The number of hydrogen-bond acceptors (Lipinski definition) is 3. The van der Waals surface area contributed by atoms with E-state index in [0.29, 0.717) is 12.1 Å². The topological polar surface area (TPSA) is 50.4 Å². The van der Waals surface area contributed by atoms with Crippen LogP contribution in [0.1, 0.15) is 32.3 Å². The second-order valence-corrected chi connectivity index (χ2v) is 5.26. The molecular weight excluding hydrogens is 240 g/mol. The Bertz CT molecular complexity index is 459. The first-order chi connectivity index (χ1) is 9.04. The molecule has 19 heavy (non-hydrogen) atoms. The van der Waals surface area contributed by atoms with E-state index in [9.17, 15) is 4.79 Å². The average Bonchev–Trinajstić information content (AvgIpc) is 2.33. The van der Waals surface area contributed by atoms with Crippen molar-refractivity contribution in [3.05, 3.63) is 23.8 Å². The second-order valence-electron chi connectivity index (χ2n) is 5.26. The zero-order valence-corrected chi connectivity index (χ0v) is 11.8. The number of benzene rings is 1. The lowest BCUT2D eigenvalue weighted by atomic mass is 10.0. The Morgan fingerprint density at radius 2 is 2.21 bits per heavy atom. The van der Waals surface area contributed by atoms with Crippen LogP contribution in [0.3, 0.4) is 0 Å². The molecule has 0 saturated carbocycles. The molecular formula is C15H22N2O2. The molecule has 1 aliphatic heterocycles. The van der Waals surface area contributed by atoms with Gasteiger partial charge in [-0.1, -0.05) is 6.07 Å². The molecule has 1 heterocycles. The number of amides is 1. The minimum atomic E-state index is -0.0417. The van der Waals surface area contributed by atoms with Gasteiger partial charge in [-0.05, 0) is 44.4 Å². The number of ether oxygens (including phenoxy) is 1. The van der Waals surface area contributed by atoms with Crippen molar-refractivity contribution in [2.45, 2.75) is 45.8 Å². The molecule has 2 rings (SSSR count). The molecule has 2 unspecified atom stereocenters. The van der Waals surface area contributed by atoms with Crippen LogP contribution in [0.2, 0.25) is 0 Å². The van der Waals surface area contributed by atoms with Gasteiger partial charge in [0, 0.05) is 30.9 Å². The van der Waals surface area contributed by atoms with Crippen LogP contribution in [0, 0.1) is 6.92 Å². The first-order valence-electron chi connectivity index (χ1n) is 6.81. The van der Waals surface area contributed by atoms with Gasteiger partial charge in [-0.3, -0.25) is 4.79 Å². The number of rotatable bonds is 3. The van der Waals surface area contributed by atoms with Gasteiger partial charge in [-0.2, -0.15) is 0 Å². The summed E-state index contributed by atoms with van der Waals surface area (Å²) in [5, 5.41) is 6.38. The van der Waals surface area contributed by atoms with Crippen molar-refractivity contribution >= 4 is 17.3 Å². The van der Waals surface area contributed by atoms with Crippen LogP contribution in [0.5, 0.6) is 0 Å². The second kappa shape index (κ2) is 6.06. The van der Waals surface area contributed by atoms with E-state index in [1.54, 1.807) is 0 Å². The zero-order valence-electron chi connectivity index (χ0n) is 11.8. The third kappa shape index (κ3) is 3.96. The lowest BCUT2D eigenvalue weighted by molar-refractivity contribution is -0.114. The van der Waals surface area contributed by atoms with Crippen LogP contribution < -0.4 is 10.6 Å². The van der Waals surface area contributed by atoms with E-state index < -0.39 is 0 Å². The number of hydrogen-bond donors (Lipinski definition) is 2. The first kappa shape index (κ1) is 13.9. The van der Waals surface area contributed by atoms with Gasteiger partial charge in [-0.25, -0.2) is 0 Å². The van der Waals surface area contributed by atoms with E-state index >= 15 is 0 Å². The van der Waals surface area contributed by atoms with Gasteiger partial charge in [0.15, 0.2) is 0 Å². The lowest BCUT2D eigenvalue weighted by Gasteiger charge is -2.29. The fourth-order valence-corrected chi connectivity index (χ4v) is 2.40. The van der Waals surface area contributed by atoms with E-state index in [1.807, 2.05) is 19.1 Å². The summed E-state index contributed by atoms with van der Waals surface area (Å²) in [5.41, 5.74) is 2.99. The maximum absolute atomic E-state index is 11.2. The van der Waals surface area contributed by atoms with Crippen LogP contribution in [-0.2, 0) is 9.53 Å². The Balaban J connectivity index is 2.05. The molecule has 0 radical (unpaired) electrons. The van der Waals surface area contributed by atoms with Crippen molar-refractivity contribution in [2.75, 3.05) is 17.2 Å². The number of aryl methyl sites for hydroxylation is 1. The molecule has 1 aliphatic rings. The van der Waals surface area contributed by atoms with Gasteiger partial charge in [0.1, 0.15) is 0 Å². The van der Waals surface area contributed by atoms with Crippen molar-refractivity contribution in [2.24, 2.45) is 0 Å². The molecule has 4 heteroatoms. The van der Waals surface area contributed by atoms with Crippen molar-refractivity contribution in [3.63, 3.8) is 0 Å². The SMILES string of the molecule is CC(=O)Nc1cc(NC2CCOC(C)C2)ccc1C. The molecule has 1 saturated heterocycles. The van der Waals surface area contributed by atoms with E-state index in [2.05, 4.69) is 23.6 Å². The Hall–Kier alpha value is -1.55. The van der Waals surface area contributed by atoms with Crippen LogP contribution in [0.4, 0.5) is 11.4 Å². The summed E-state index contributed by atoms with van der Waals surface area (Å²) in [5.74, 6) is -0.0417. The summed E-state index contributed by atoms with van der Waals surface area (Å²) >= 11 is 0. The molecule has 1 aromatic rings. The largest absolute Gasteiger partial charge is 0.382 e. The van der Waals surface area contributed by atoms with Crippen molar-refractivity contribution in [3.8, 4) is 0 Å². The van der Waals surface area contributed by atoms with Gasteiger partial charge in [0.05, 0.1) is 6.10 Å². The summed E-state index contributed by atoms with van der Waals surface area (Å²) in [6.07, 6.45) is 2.35. The molecule has 0 aliphatic carbocycles. The fourth-order valence-electron chi connectivity index (χ4n) is 2.40. The number of nitrogens with one attached hydrogen (secondary N) is 2. The summed E-state index contributed by atoms with van der Waals surface area (Å²) in [4.78, 5) is 11.2. The minimum Gasteiger partial charge on any atom is -0.382 e. The molecule has 0 bridgehead atoms. The Kier molecular flexibility index (Phi) is 4.43. The number of carbonyl (C=O) groups excluding carboxylic acids is 1. The third-order valence-corrected chi connectivity index (χ3v) is 3.40. The van der Waals surface area contributed by atoms with Gasteiger partial charge < -0.3 is 15.4 Å². The fraction of sp³-hybridized carbons (Fsp3) is 0.533. The van der Waals surface area contributed by atoms with Crippen LogP contribution in [0.15, 0.2) is 18.2 Å². The molecule has 1 fully saturated rings. The molecule has 4 nitrogen and oxygen atoms in total. The monoisotopic (exact) mass is 262 g/mol. The molecule has 104 valence electrons. The van der Waals surface area contributed by atoms with Crippen LogP contribution in [0.25, 0.3) is 0 Å². The minimum absolute atomic E-state index is 0.0417. The van der Waals surface area contributed by atoms with Crippen LogP contribution in [-0.4, -0.2) is 24.7 Å². The predicted octanol–water partition coefficient (Wildman–Crippen LogP) is 2.93. The normalized spacial score (nSPS) is 22.9. The molecule has 1 amide bonds. The maximum Gasteiger partial charge on any atom is 0.221 e. The smallest absolute Gasteiger partial charge is 0.221 e. The Morgan fingerprint density at radius 1 is 1.42 bits per heavy atom. The quantitative estimate of drug-likeness (QED) is 0.880. The van der Waals surface area contributed by atoms with Gasteiger partial charge >= 0.3 is 0 Å². The molecule has 0 aromatic heterocycles. The van der Waals surface area contributed by atoms with Gasteiger partial charge in [0.2, 0.25) is 5.91 Å². The summed E-state index contributed by atoms with van der Waals surface area (Å²) in [7, 11) is 0. The first-order valence-corrected chi connectivity index (χ1v) is 6.81. The highest BCUT2D eigenvalue weighted by Crippen LogP contribution is 2.23. The number of carbonyl (C=O) groups is 1. The zero-order chi connectivity index (χ0) is 13.8. The Labute approximate surface area is 114 Å². The molecule has 2 N–H and O–H groups in total. The van der Waals surface area contributed by atoms with E-state index in [-0.39, 0.29) is 5.91 Å². The predicted molar refractivity (Wildman–Crippen MR) is 77.5 cm³/mol. The summed E-state index contributed by atoms with van der Waals surface area (Å²) in [6.45, 7) is 6.43. The Morgan fingerprint density at radius 3 is 2.89 bits per heavy atom. The average molecular weight is 262 g/mol. The standard InChI is InChI=1S/C15H22N2O2/c1-10-4-5-13(9-15(10)16-12(3)18)17-14-6-7-19-11(2)8-14/h4-5,9,11,14,17H,6-8H2,1-3H3,(H,16,18). The van der Waals surface area contributed by atoms with Gasteiger partial charge in [-0.15, -0.1) is 0 Å². The molecule has 1 aromatic carbocycles. The highest BCUT2D eigenvalue weighted by atomic mass is 16.5.